The van der Waals surface area contributed by atoms with Gasteiger partial charge in [0.1, 0.15) is 9.53 Å². The first-order valence-electron chi connectivity index (χ1n) is 8.03. The third kappa shape index (κ3) is 2.38. The lowest BCUT2D eigenvalue weighted by Gasteiger charge is -2.13. The molecule has 1 N–H and O–H groups in total. The molecule has 0 aliphatic carbocycles. The van der Waals surface area contributed by atoms with Crippen LogP contribution in [0.1, 0.15) is 12.0 Å². The number of hydrogen-bond acceptors (Lipinski definition) is 5. The molecule has 4 nitrogen and oxygen atoms in total. The van der Waals surface area contributed by atoms with Crippen molar-refractivity contribution in [2.45, 2.75) is 19.1 Å². The van der Waals surface area contributed by atoms with Gasteiger partial charge in [0, 0.05) is 6.42 Å². The number of halogens is 3. The maximum atomic E-state index is 13.8. The van der Waals surface area contributed by atoms with Crippen molar-refractivity contribution in [1.82, 2.24) is 9.97 Å². The molecule has 0 amide bonds. The second-order valence-corrected chi connectivity index (χ2v) is 8.00. The van der Waals surface area contributed by atoms with Crippen LogP contribution >= 0.6 is 22.7 Å². The highest BCUT2D eigenvalue weighted by molar-refractivity contribution is 7.26. The zero-order valence-corrected chi connectivity index (χ0v) is 14.9. The summed E-state index contributed by atoms with van der Waals surface area (Å²) in [5.74, 6) is 0.829. The standard InChI is InChI=1S/C17H11F3N4S2/c18-17(19,20)9-7-10(11-3-1-6-25-11)23-16-12(9)13-14(26-16)15-21-4-2-5-24(15)8-22-13/h1,3,6-8H,2,4-5H2/p+1. The van der Waals surface area contributed by atoms with Crippen LogP contribution in [0.25, 0.3) is 31.0 Å². The van der Waals surface area contributed by atoms with Crippen molar-refractivity contribution >= 4 is 48.9 Å². The molecule has 0 saturated carbocycles. The van der Waals surface area contributed by atoms with Crippen LogP contribution in [0.3, 0.4) is 0 Å². The van der Waals surface area contributed by atoms with Gasteiger partial charge in [-0.3, -0.25) is 0 Å². The summed E-state index contributed by atoms with van der Waals surface area (Å²) in [4.78, 5) is 9.96. The van der Waals surface area contributed by atoms with E-state index in [1.54, 1.807) is 12.4 Å². The molecule has 0 atom stereocenters. The molecule has 0 spiro atoms. The van der Waals surface area contributed by atoms with Gasteiger partial charge in [-0.2, -0.15) is 13.2 Å². The zero-order chi connectivity index (χ0) is 17.9. The minimum Gasteiger partial charge on any atom is -0.304 e. The molecule has 1 aliphatic rings. The molecule has 0 saturated heterocycles. The lowest BCUT2D eigenvalue weighted by atomic mass is 10.1. The molecule has 0 fully saturated rings. The van der Waals surface area contributed by atoms with Crippen molar-refractivity contribution in [3.63, 3.8) is 0 Å². The lowest BCUT2D eigenvalue weighted by Crippen LogP contribution is -2.42. The Hall–Kier alpha value is -2.26. The van der Waals surface area contributed by atoms with Crippen LogP contribution in [0, 0.1) is 0 Å². The molecule has 4 aromatic rings. The van der Waals surface area contributed by atoms with Crippen LogP contribution in [0.4, 0.5) is 19.0 Å². The van der Waals surface area contributed by atoms with E-state index in [0.717, 1.165) is 41.0 Å². The lowest BCUT2D eigenvalue weighted by molar-refractivity contribution is -0.688. The molecule has 5 heterocycles. The minimum atomic E-state index is -4.47. The van der Waals surface area contributed by atoms with Gasteiger partial charge in [0.2, 0.25) is 12.1 Å². The molecule has 132 valence electrons. The number of aromatic nitrogens is 3. The Morgan fingerprint density at radius 1 is 1.27 bits per heavy atom. The Morgan fingerprint density at radius 2 is 2.15 bits per heavy atom. The fraction of sp³-hybridized carbons (Fsp3) is 0.235. The highest BCUT2D eigenvalue weighted by Crippen LogP contribution is 2.44. The van der Waals surface area contributed by atoms with Crippen molar-refractivity contribution in [3.05, 3.63) is 35.5 Å². The zero-order valence-electron chi connectivity index (χ0n) is 13.3. The van der Waals surface area contributed by atoms with Gasteiger partial charge >= 0.3 is 6.18 Å². The van der Waals surface area contributed by atoms with Crippen LogP contribution < -0.4 is 9.88 Å². The molecular weight excluding hydrogens is 381 g/mol. The van der Waals surface area contributed by atoms with Gasteiger partial charge in [0.25, 0.3) is 0 Å². The molecule has 1 aliphatic heterocycles. The van der Waals surface area contributed by atoms with Crippen LogP contribution in [-0.4, -0.2) is 16.5 Å². The number of thiophene rings is 2. The summed E-state index contributed by atoms with van der Waals surface area (Å²) >= 11 is 2.64. The summed E-state index contributed by atoms with van der Waals surface area (Å²) < 4.78 is 44.1. The number of hydrogen-bond donors (Lipinski definition) is 1. The molecule has 0 unspecified atom stereocenters. The number of nitrogens with zero attached hydrogens (tertiary/aromatic N) is 3. The Balaban J connectivity index is 1.89. The molecule has 26 heavy (non-hydrogen) atoms. The molecular formula is C17H12F3N4S2+. The maximum absolute atomic E-state index is 13.8. The predicted octanol–water partition coefficient (Wildman–Crippen LogP) is 4.69. The molecule has 0 aromatic carbocycles. The highest BCUT2D eigenvalue weighted by Gasteiger charge is 2.37. The minimum absolute atomic E-state index is 0.0913. The molecule has 9 heteroatoms. The van der Waals surface area contributed by atoms with Crippen molar-refractivity contribution in [3.8, 4) is 10.6 Å². The Labute approximate surface area is 154 Å². The smallest absolute Gasteiger partial charge is 0.304 e. The van der Waals surface area contributed by atoms with Gasteiger partial charge in [-0.1, -0.05) is 6.07 Å². The van der Waals surface area contributed by atoms with E-state index >= 15 is 0 Å². The van der Waals surface area contributed by atoms with E-state index in [1.165, 1.54) is 22.7 Å². The van der Waals surface area contributed by atoms with Crippen molar-refractivity contribution < 1.29 is 17.7 Å². The summed E-state index contributed by atoms with van der Waals surface area (Å²) in [6.07, 6.45) is -1.90. The predicted molar refractivity (Wildman–Crippen MR) is 96.5 cm³/mol. The monoisotopic (exact) mass is 393 g/mol. The fourth-order valence-corrected chi connectivity index (χ4v) is 5.13. The number of pyridine rings is 1. The number of fused-ring (bicyclic) bond motifs is 5. The van der Waals surface area contributed by atoms with E-state index in [4.69, 9.17) is 0 Å². The van der Waals surface area contributed by atoms with Crippen LogP contribution in [0.5, 0.6) is 0 Å². The molecule has 4 aromatic heterocycles. The second-order valence-electron chi connectivity index (χ2n) is 6.06. The van der Waals surface area contributed by atoms with Crippen molar-refractivity contribution in [2.24, 2.45) is 0 Å². The summed E-state index contributed by atoms with van der Waals surface area (Å²) in [7, 11) is 0. The van der Waals surface area contributed by atoms with Gasteiger partial charge in [-0.25, -0.2) is 9.55 Å². The number of anilines is 1. The number of alkyl halides is 3. The average Bonchev–Trinajstić information content (AvgIpc) is 3.27. The third-order valence-electron chi connectivity index (χ3n) is 4.41. The Bertz CT molecular complexity index is 1130. The Morgan fingerprint density at radius 3 is 2.92 bits per heavy atom. The quantitative estimate of drug-likeness (QED) is 0.477. The van der Waals surface area contributed by atoms with E-state index in [2.05, 4.69) is 15.3 Å². The first-order valence-corrected chi connectivity index (χ1v) is 9.72. The molecule has 0 bridgehead atoms. The molecule has 0 radical (unpaired) electrons. The summed E-state index contributed by atoms with van der Waals surface area (Å²) in [5, 5.41) is 5.22. The van der Waals surface area contributed by atoms with Crippen molar-refractivity contribution in [1.29, 1.82) is 0 Å². The van der Waals surface area contributed by atoms with Gasteiger partial charge in [0.05, 0.1) is 34.6 Å². The normalized spacial score (nSPS) is 14.6. The van der Waals surface area contributed by atoms with E-state index in [-0.39, 0.29) is 5.39 Å². The summed E-state index contributed by atoms with van der Waals surface area (Å²) in [6, 6.07) is 4.73. The van der Waals surface area contributed by atoms with E-state index in [0.29, 0.717) is 16.0 Å². The first-order chi connectivity index (χ1) is 12.5. The van der Waals surface area contributed by atoms with E-state index < -0.39 is 11.7 Å². The van der Waals surface area contributed by atoms with Crippen LogP contribution in [0.2, 0.25) is 0 Å². The fourth-order valence-electron chi connectivity index (χ4n) is 3.26. The topological polar surface area (TPSA) is 41.7 Å². The average molecular weight is 393 g/mol. The van der Waals surface area contributed by atoms with E-state index in [9.17, 15) is 13.2 Å². The van der Waals surface area contributed by atoms with Crippen LogP contribution in [-0.2, 0) is 12.7 Å². The van der Waals surface area contributed by atoms with E-state index in [1.807, 2.05) is 16.0 Å². The number of rotatable bonds is 1. The van der Waals surface area contributed by atoms with Crippen LogP contribution in [0.15, 0.2) is 29.9 Å². The second kappa shape index (κ2) is 5.62. The highest BCUT2D eigenvalue weighted by atomic mass is 32.1. The van der Waals surface area contributed by atoms with Crippen molar-refractivity contribution in [2.75, 3.05) is 11.9 Å². The van der Waals surface area contributed by atoms with Gasteiger partial charge in [-0.05, 0) is 17.5 Å². The number of aryl methyl sites for hydroxylation is 1. The first kappa shape index (κ1) is 16.0. The van der Waals surface area contributed by atoms with Gasteiger partial charge < -0.3 is 5.32 Å². The molecule has 5 rings (SSSR count). The maximum Gasteiger partial charge on any atom is 0.417 e. The summed E-state index contributed by atoms with van der Waals surface area (Å²) in [5.41, 5.74) is 0.0366. The summed E-state index contributed by atoms with van der Waals surface area (Å²) in [6.45, 7) is 1.60. The largest absolute Gasteiger partial charge is 0.417 e. The SMILES string of the molecule is FC(F)(F)c1cc(-c2cccs2)nc2sc3c4[n+](cnc3c12)CCCN4. The van der Waals surface area contributed by atoms with Gasteiger partial charge in [-0.15, -0.1) is 27.7 Å². The van der Waals surface area contributed by atoms with Gasteiger partial charge in [0.15, 0.2) is 5.52 Å². The number of nitrogens with one attached hydrogen (secondary N) is 1. The third-order valence-corrected chi connectivity index (χ3v) is 6.38. The Kier molecular flexibility index (Phi) is 3.45.